The first-order valence-corrected chi connectivity index (χ1v) is 8.19. The van der Waals surface area contributed by atoms with E-state index in [0.717, 1.165) is 24.4 Å². The van der Waals surface area contributed by atoms with E-state index in [4.69, 9.17) is 0 Å². The van der Waals surface area contributed by atoms with Crippen molar-refractivity contribution >= 4 is 27.6 Å². The highest BCUT2D eigenvalue weighted by atomic mass is 79.9. The maximum Gasteiger partial charge on any atom is 0.338 e. The van der Waals surface area contributed by atoms with Gasteiger partial charge in [-0.2, -0.15) is 0 Å². The Morgan fingerprint density at radius 2 is 2.05 bits per heavy atom. The van der Waals surface area contributed by atoms with E-state index in [1.165, 1.54) is 25.7 Å². The third kappa shape index (κ3) is 3.75. The highest BCUT2D eigenvalue weighted by molar-refractivity contribution is 9.10. The zero-order valence-electron chi connectivity index (χ0n) is 11.9. The molecule has 1 saturated carbocycles. The molecule has 0 spiro atoms. The molecular formula is C16H22BrNO2. The van der Waals surface area contributed by atoms with Crippen LogP contribution in [0.15, 0.2) is 22.7 Å². The predicted octanol–water partition coefficient (Wildman–Crippen LogP) is 4.92. The van der Waals surface area contributed by atoms with Crippen molar-refractivity contribution in [2.75, 3.05) is 5.32 Å². The van der Waals surface area contributed by atoms with Gasteiger partial charge >= 0.3 is 5.97 Å². The average Bonchev–Trinajstić information content (AvgIpc) is 2.41. The predicted molar refractivity (Wildman–Crippen MR) is 85.4 cm³/mol. The largest absolute Gasteiger partial charge is 0.478 e. The second-order valence-electron chi connectivity index (χ2n) is 5.62. The monoisotopic (exact) mass is 339 g/mol. The summed E-state index contributed by atoms with van der Waals surface area (Å²) < 4.78 is 0.634. The molecule has 20 heavy (non-hydrogen) atoms. The van der Waals surface area contributed by atoms with E-state index in [9.17, 15) is 9.90 Å². The van der Waals surface area contributed by atoms with Gasteiger partial charge in [-0.25, -0.2) is 4.79 Å². The first kappa shape index (κ1) is 15.4. The zero-order valence-corrected chi connectivity index (χ0v) is 13.4. The standard InChI is InChI=1S/C16H22BrNO2/c1-2-4-11-7-9-12(10-8-11)18-14-6-3-5-13(17)15(14)16(19)20/h3,5-6,11-12,18H,2,4,7-10H2,1H3,(H,19,20). The van der Waals surface area contributed by atoms with E-state index in [-0.39, 0.29) is 0 Å². The molecule has 1 aromatic carbocycles. The fraction of sp³-hybridized carbons (Fsp3) is 0.562. The van der Waals surface area contributed by atoms with Crippen molar-refractivity contribution in [3.05, 3.63) is 28.2 Å². The summed E-state index contributed by atoms with van der Waals surface area (Å²) in [6.45, 7) is 2.24. The zero-order chi connectivity index (χ0) is 14.5. The van der Waals surface area contributed by atoms with Crippen LogP contribution in [0.4, 0.5) is 5.69 Å². The van der Waals surface area contributed by atoms with E-state index in [1.807, 2.05) is 12.1 Å². The van der Waals surface area contributed by atoms with Crippen molar-refractivity contribution in [3.63, 3.8) is 0 Å². The number of anilines is 1. The molecule has 1 aromatic rings. The van der Waals surface area contributed by atoms with Crippen LogP contribution in [0.1, 0.15) is 55.8 Å². The molecule has 0 heterocycles. The number of benzene rings is 1. The van der Waals surface area contributed by atoms with Gasteiger partial charge in [0.15, 0.2) is 0 Å². The number of rotatable bonds is 5. The van der Waals surface area contributed by atoms with E-state index in [0.29, 0.717) is 16.1 Å². The average molecular weight is 340 g/mol. The van der Waals surface area contributed by atoms with Crippen LogP contribution in [0.25, 0.3) is 0 Å². The van der Waals surface area contributed by atoms with E-state index >= 15 is 0 Å². The first-order valence-electron chi connectivity index (χ1n) is 7.40. The van der Waals surface area contributed by atoms with Gasteiger partial charge in [-0.05, 0) is 59.7 Å². The lowest BCUT2D eigenvalue weighted by molar-refractivity contribution is 0.0697. The normalized spacial score (nSPS) is 22.5. The number of hydrogen-bond acceptors (Lipinski definition) is 2. The Hall–Kier alpha value is -1.03. The van der Waals surface area contributed by atoms with Gasteiger partial charge in [0.05, 0.1) is 11.3 Å². The minimum atomic E-state index is -0.889. The third-order valence-corrected chi connectivity index (χ3v) is 4.79. The third-order valence-electron chi connectivity index (χ3n) is 4.13. The van der Waals surface area contributed by atoms with Gasteiger partial charge < -0.3 is 10.4 Å². The van der Waals surface area contributed by atoms with Crippen molar-refractivity contribution in [2.45, 2.75) is 51.5 Å². The molecule has 1 aliphatic carbocycles. The second kappa shape index (κ2) is 7.11. The summed E-state index contributed by atoms with van der Waals surface area (Å²) in [6, 6.07) is 5.90. The van der Waals surface area contributed by atoms with Crippen LogP contribution in [0.3, 0.4) is 0 Å². The quantitative estimate of drug-likeness (QED) is 0.800. The summed E-state index contributed by atoms with van der Waals surface area (Å²) in [5.41, 5.74) is 1.06. The summed E-state index contributed by atoms with van der Waals surface area (Å²) in [4.78, 5) is 11.4. The molecule has 2 N–H and O–H groups in total. The lowest BCUT2D eigenvalue weighted by Gasteiger charge is -2.30. The topological polar surface area (TPSA) is 49.3 Å². The Morgan fingerprint density at radius 3 is 2.65 bits per heavy atom. The number of nitrogens with one attached hydrogen (secondary N) is 1. The molecule has 0 radical (unpaired) electrons. The molecule has 0 bridgehead atoms. The highest BCUT2D eigenvalue weighted by Gasteiger charge is 2.22. The number of carboxylic acids is 1. The summed E-state index contributed by atoms with van der Waals surface area (Å²) in [5.74, 6) is -0.0286. The molecule has 0 aliphatic heterocycles. The minimum Gasteiger partial charge on any atom is -0.478 e. The molecule has 2 rings (SSSR count). The van der Waals surface area contributed by atoms with Crippen LogP contribution in [0.2, 0.25) is 0 Å². The molecule has 1 fully saturated rings. The summed E-state index contributed by atoms with van der Waals surface area (Å²) in [6.07, 6.45) is 7.36. The molecular weight excluding hydrogens is 318 g/mol. The fourth-order valence-electron chi connectivity index (χ4n) is 3.09. The smallest absolute Gasteiger partial charge is 0.338 e. The van der Waals surface area contributed by atoms with Gasteiger partial charge in [-0.3, -0.25) is 0 Å². The van der Waals surface area contributed by atoms with Crippen molar-refractivity contribution in [1.82, 2.24) is 0 Å². The maximum absolute atomic E-state index is 11.4. The number of hydrogen-bond donors (Lipinski definition) is 2. The van der Waals surface area contributed by atoms with Gasteiger partial charge in [-0.1, -0.05) is 25.8 Å². The van der Waals surface area contributed by atoms with Crippen LogP contribution >= 0.6 is 15.9 Å². The van der Waals surface area contributed by atoms with Gasteiger partial charge in [0.1, 0.15) is 0 Å². The summed E-state index contributed by atoms with van der Waals surface area (Å²) in [7, 11) is 0. The van der Waals surface area contributed by atoms with Crippen LogP contribution in [0, 0.1) is 5.92 Å². The number of halogens is 1. The van der Waals surface area contributed by atoms with E-state index in [1.54, 1.807) is 6.07 Å². The van der Waals surface area contributed by atoms with Crippen molar-refractivity contribution in [2.24, 2.45) is 5.92 Å². The molecule has 0 unspecified atom stereocenters. The van der Waals surface area contributed by atoms with Crippen LogP contribution in [0.5, 0.6) is 0 Å². The van der Waals surface area contributed by atoms with E-state index < -0.39 is 5.97 Å². The Labute approximate surface area is 128 Å². The van der Waals surface area contributed by atoms with Crippen molar-refractivity contribution in [1.29, 1.82) is 0 Å². The Bertz CT molecular complexity index is 468. The Kier molecular flexibility index (Phi) is 5.46. The maximum atomic E-state index is 11.4. The Morgan fingerprint density at radius 1 is 1.35 bits per heavy atom. The van der Waals surface area contributed by atoms with Gasteiger partial charge in [0.2, 0.25) is 0 Å². The summed E-state index contributed by atoms with van der Waals surface area (Å²) >= 11 is 3.32. The molecule has 0 aromatic heterocycles. The Balaban J connectivity index is 2.01. The molecule has 0 amide bonds. The van der Waals surface area contributed by atoms with Crippen LogP contribution in [-0.2, 0) is 0 Å². The van der Waals surface area contributed by atoms with Crippen molar-refractivity contribution in [3.8, 4) is 0 Å². The highest BCUT2D eigenvalue weighted by Crippen LogP contribution is 2.31. The minimum absolute atomic E-state index is 0.336. The molecule has 1 aliphatic rings. The SMILES string of the molecule is CCCC1CCC(Nc2cccc(Br)c2C(=O)O)CC1. The lowest BCUT2D eigenvalue weighted by Crippen LogP contribution is -2.27. The fourth-order valence-corrected chi connectivity index (χ4v) is 3.62. The molecule has 0 saturated heterocycles. The second-order valence-corrected chi connectivity index (χ2v) is 6.47. The van der Waals surface area contributed by atoms with Crippen LogP contribution in [-0.4, -0.2) is 17.1 Å². The van der Waals surface area contributed by atoms with Crippen molar-refractivity contribution < 1.29 is 9.90 Å². The lowest BCUT2D eigenvalue weighted by atomic mass is 9.83. The van der Waals surface area contributed by atoms with Gasteiger partial charge in [0.25, 0.3) is 0 Å². The molecule has 110 valence electrons. The van der Waals surface area contributed by atoms with Crippen LogP contribution < -0.4 is 5.32 Å². The summed E-state index contributed by atoms with van der Waals surface area (Å²) in [5, 5.41) is 12.7. The number of carboxylic acid groups (broad SMARTS) is 1. The van der Waals surface area contributed by atoms with Gasteiger partial charge in [-0.15, -0.1) is 0 Å². The number of aromatic carboxylic acids is 1. The van der Waals surface area contributed by atoms with Gasteiger partial charge in [0, 0.05) is 10.5 Å². The molecule has 3 nitrogen and oxygen atoms in total. The molecule has 0 atom stereocenters. The first-order chi connectivity index (χ1) is 9.61. The number of carbonyl (C=O) groups is 1. The molecule has 4 heteroatoms. The van der Waals surface area contributed by atoms with E-state index in [2.05, 4.69) is 28.2 Å².